The van der Waals surface area contributed by atoms with Gasteiger partial charge in [-0.2, -0.15) is 4.98 Å². The number of morpholine rings is 1. The molecule has 192 valence electrons. The molecule has 0 aliphatic carbocycles. The Balaban J connectivity index is 1.36. The summed E-state index contributed by atoms with van der Waals surface area (Å²) in [4.78, 5) is 52.2. The van der Waals surface area contributed by atoms with Crippen molar-refractivity contribution in [3.63, 3.8) is 0 Å². The second-order valence-corrected chi connectivity index (χ2v) is 9.26. The molecule has 0 atom stereocenters. The number of aromatic nitrogens is 4. The van der Waals surface area contributed by atoms with Crippen molar-refractivity contribution in [2.45, 2.75) is 19.8 Å². The van der Waals surface area contributed by atoms with E-state index in [9.17, 15) is 9.59 Å². The van der Waals surface area contributed by atoms with Crippen LogP contribution in [0.15, 0.2) is 12.4 Å². The minimum atomic E-state index is -0.507. The number of fused-ring (bicyclic) bond motifs is 1. The average Bonchev–Trinajstić information content (AvgIpc) is 3.36. The molecule has 0 radical (unpaired) electrons. The first-order valence-corrected chi connectivity index (χ1v) is 12.6. The molecule has 36 heavy (non-hydrogen) atoms. The molecule has 0 saturated carbocycles. The van der Waals surface area contributed by atoms with Crippen LogP contribution in [0, 0.1) is 0 Å². The van der Waals surface area contributed by atoms with E-state index in [-0.39, 0.29) is 18.2 Å². The maximum absolute atomic E-state index is 13.3. The number of carbonyl (C=O) groups is 2. The van der Waals surface area contributed by atoms with Crippen LogP contribution in [0.25, 0.3) is 11.3 Å². The topological polar surface area (TPSA) is 134 Å². The molecule has 2 aromatic rings. The number of likely N-dealkylation sites (N-methyl/N-ethyl adjacent to an activating group) is 1. The largest absolute Gasteiger partial charge is 0.378 e. The number of anilines is 3. The van der Waals surface area contributed by atoms with Gasteiger partial charge in [-0.3, -0.25) is 14.5 Å². The Bertz CT molecular complexity index is 1100. The van der Waals surface area contributed by atoms with Crippen LogP contribution in [0.5, 0.6) is 0 Å². The Morgan fingerprint density at radius 3 is 2.36 bits per heavy atom. The summed E-state index contributed by atoms with van der Waals surface area (Å²) in [5.41, 5.74) is 7.86. The second kappa shape index (κ2) is 10.8. The Labute approximate surface area is 210 Å². The Hall–Kier alpha value is -3.22. The van der Waals surface area contributed by atoms with E-state index in [2.05, 4.69) is 26.7 Å². The second-order valence-electron chi connectivity index (χ2n) is 9.26. The lowest BCUT2D eigenvalue weighted by atomic mass is 10.1. The fourth-order valence-electron chi connectivity index (χ4n) is 4.89. The van der Waals surface area contributed by atoms with E-state index in [1.54, 1.807) is 12.4 Å². The van der Waals surface area contributed by atoms with Crippen LogP contribution in [0.4, 0.5) is 17.7 Å². The number of Topliss-reactive ketones (excluding diaryl/α,β-unsaturated/α-hetero) is 1. The lowest BCUT2D eigenvalue weighted by molar-refractivity contribution is -0.136. The van der Waals surface area contributed by atoms with Gasteiger partial charge in [0, 0.05) is 82.3 Å². The highest BCUT2D eigenvalue weighted by Gasteiger charge is 2.34. The minimum absolute atomic E-state index is 0.177. The molecule has 0 aromatic carbocycles. The van der Waals surface area contributed by atoms with Crippen molar-refractivity contribution >= 4 is 29.4 Å². The molecule has 3 aliphatic heterocycles. The van der Waals surface area contributed by atoms with Crippen molar-refractivity contribution < 1.29 is 14.3 Å². The van der Waals surface area contributed by atoms with Crippen LogP contribution >= 0.6 is 0 Å². The zero-order valence-corrected chi connectivity index (χ0v) is 20.7. The molecule has 5 heterocycles. The summed E-state index contributed by atoms with van der Waals surface area (Å²) in [7, 11) is 0. The predicted octanol–water partition coefficient (Wildman–Crippen LogP) is -0.162. The molecule has 0 bridgehead atoms. The van der Waals surface area contributed by atoms with Crippen LogP contribution in [0.2, 0.25) is 0 Å². The normalized spacial score (nSPS) is 18.9. The van der Waals surface area contributed by atoms with Crippen molar-refractivity contribution in [3.8, 4) is 11.3 Å². The molecule has 2 fully saturated rings. The highest BCUT2D eigenvalue weighted by molar-refractivity contribution is 6.41. The highest BCUT2D eigenvalue weighted by Crippen LogP contribution is 2.35. The summed E-state index contributed by atoms with van der Waals surface area (Å²) >= 11 is 0. The van der Waals surface area contributed by atoms with Crippen molar-refractivity contribution in [3.05, 3.63) is 18.0 Å². The van der Waals surface area contributed by atoms with Crippen LogP contribution in [0.1, 0.15) is 18.9 Å². The number of piperazine rings is 1. The summed E-state index contributed by atoms with van der Waals surface area (Å²) in [5, 5.41) is 0. The lowest BCUT2D eigenvalue weighted by Gasteiger charge is -2.33. The van der Waals surface area contributed by atoms with Gasteiger partial charge >= 0.3 is 0 Å². The third kappa shape index (κ3) is 5.15. The van der Waals surface area contributed by atoms with E-state index in [4.69, 9.17) is 20.4 Å². The minimum Gasteiger partial charge on any atom is -0.378 e. The molecule has 5 rings (SSSR count). The molecule has 1 amide bonds. The predicted molar refractivity (Wildman–Crippen MR) is 135 cm³/mol. The standard InChI is InChI=1S/C24H33N9O3/c1-2-30-7-9-31(10-8-30)5-4-19(34)22(35)33-6-3-18-20(17-15-26-23(25)27-16-17)28-24(29-21(18)33)32-11-13-36-14-12-32/h15-16H,2-14H2,1H3,(H2,25,26,27). The maximum atomic E-state index is 13.3. The third-order valence-corrected chi connectivity index (χ3v) is 7.10. The molecule has 2 saturated heterocycles. The van der Waals surface area contributed by atoms with Gasteiger partial charge in [-0.15, -0.1) is 0 Å². The van der Waals surface area contributed by atoms with E-state index < -0.39 is 5.91 Å². The summed E-state index contributed by atoms with van der Waals surface area (Å²) in [6.45, 7) is 10.5. The number of amides is 1. The van der Waals surface area contributed by atoms with E-state index >= 15 is 0 Å². The first kappa shape index (κ1) is 24.5. The molecule has 0 spiro atoms. The number of nitrogens with zero attached hydrogens (tertiary/aromatic N) is 8. The maximum Gasteiger partial charge on any atom is 0.295 e. The van der Waals surface area contributed by atoms with Crippen molar-refractivity contribution in [2.24, 2.45) is 0 Å². The summed E-state index contributed by atoms with van der Waals surface area (Å²) < 4.78 is 5.47. The van der Waals surface area contributed by atoms with E-state index in [0.29, 0.717) is 68.8 Å². The quantitative estimate of drug-likeness (QED) is 0.514. The number of nitrogens with two attached hydrogens (primary N) is 1. The summed E-state index contributed by atoms with van der Waals surface area (Å²) in [6, 6.07) is 0. The number of rotatable bonds is 7. The fraction of sp³-hybridized carbons (Fsp3) is 0.583. The molecular formula is C24H33N9O3. The molecule has 2 aromatic heterocycles. The molecule has 3 aliphatic rings. The zero-order chi connectivity index (χ0) is 25.1. The van der Waals surface area contributed by atoms with Gasteiger partial charge in [0.05, 0.1) is 18.9 Å². The van der Waals surface area contributed by atoms with Crippen LogP contribution in [-0.2, 0) is 20.7 Å². The number of ether oxygens (including phenoxy) is 1. The number of hydrogen-bond donors (Lipinski definition) is 1. The van der Waals surface area contributed by atoms with E-state index in [1.165, 1.54) is 4.90 Å². The Morgan fingerprint density at radius 2 is 1.67 bits per heavy atom. The summed E-state index contributed by atoms with van der Waals surface area (Å²) in [5.74, 6) is 0.283. The van der Waals surface area contributed by atoms with Crippen molar-refractivity contribution in [1.29, 1.82) is 0 Å². The lowest BCUT2D eigenvalue weighted by Crippen LogP contribution is -2.47. The van der Waals surface area contributed by atoms with E-state index in [1.807, 2.05) is 4.90 Å². The van der Waals surface area contributed by atoms with Gasteiger partial charge in [0.2, 0.25) is 17.7 Å². The SMILES string of the molecule is CCN1CCN(CCC(=O)C(=O)N2CCc3c(-c4cnc(N)nc4)nc(N4CCOCC4)nc32)CC1. The summed E-state index contributed by atoms with van der Waals surface area (Å²) in [6.07, 6.45) is 4.01. The monoisotopic (exact) mass is 495 g/mol. The van der Waals surface area contributed by atoms with Crippen LogP contribution < -0.4 is 15.5 Å². The van der Waals surface area contributed by atoms with Gasteiger partial charge < -0.3 is 25.2 Å². The van der Waals surface area contributed by atoms with E-state index in [0.717, 1.165) is 38.3 Å². The van der Waals surface area contributed by atoms with Crippen molar-refractivity contribution in [1.82, 2.24) is 29.7 Å². The van der Waals surface area contributed by atoms with Gasteiger partial charge in [0.15, 0.2) is 0 Å². The smallest absolute Gasteiger partial charge is 0.295 e. The molecule has 2 N–H and O–H groups in total. The van der Waals surface area contributed by atoms with Crippen LogP contribution in [0.3, 0.4) is 0 Å². The number of carbonyl (C=O) groups excluding carboxylic acids is 2. The van der Waals surface area contributed by atoms with Gasteiger partial charge in [-0.25, -0.2) is 15.0 Å². The molecule has 0 unspecified atom stereocenters. The number of hydrogen-bond acceptors (Lipinski definition) is 11. The van der Waals surface area contributed by atoms with Gasteiger partial charge in [-0.1, -0.05) is 6.92 Å². The third-order valence-electron chi connectivity index (χ3n) is 7.10. The van der Waals surface area contributed by atoms with Gasteiger partial charge in [-0.05, 0) is 13.0 Å². The molecular weight excluding hydrogens is 462 g/mol. The zero-order valence-electron chi connectivity index (χ0n) is 20.7. The van der Waals surface area contributed by atoms with Gasteiger partial charge in [0.1, 0.15) is 5.82 Å². The van der Waals surface area contributed by atoms with Crippen molar-refractivity contribution in [2.75, 3.05) is 87.7 Å². The van der Waals surface area contributed by atoms with Gasteiger partial charge in [0.25, 0.3) is 5.91 Å². The molecule has 12 nitrogen and oxygen atoms in total. The Morgan fingerprint density at radius 1 is 0.972 bits per heavy atom. The first-order chi connectivity index (χ1) is 17.5. The number of ketones is 1. The van der Waals surface area contributed by atoms with Crippen LogP contribution in [-0.4, -0.2) is 114 Å². The molecule has 12 heteroatoms. The number of nitrogen functional groups attached to an aromatic ring is 1. The highest BCUT2D eigenvalue weighted by atomic mass is 16.5. The fourth-order valence-corrected chi connectivity index (χ4v) is 4.89. The average molecular weight is 496 g/mol. The first-order valence-electron chi connectivity index (χ1n) is 12.6. The Kier molecular flexibility index (Phi) is 7.35.